The number of methoxy groups -OCH3 is 1. The van der Waals surface area contributed by atoms with Gasteiger partial charge in [-0.1, -0.05) is 11.3 Å². The highest BCUT2D eigenvalue weighted by atomic mass is 32.1. The van der Waals surface area contributed by atoms with Gasteiger partial charge in [-0.25, -0.2) is 9.99 Å². The minimum absolute atomic E-state index is 0.0179. The number of hydrogen-bond acceptors (Lipinski definition) is 7. The van der Waals surface area contributed by atoms with Gasteiger partial charge in [0, 0.05) is 13.3 Å². The molecule has 0 unspecified atom stereocenters. The Balaban J connectivity index is 1.73. The van der Waals surface area contributed by atoms with Gasteiger partial charge in [0.05, 0.1) is 29.7 Å². The second-order valence-electron chi connectivity index (χ2n) is 6.32. The molecule has 1 aliphatic heterocycles. The van der Waals surface area contributed by atoms with Gasteiger partial charge in [0.25, 0.3) is 0 Å². The summed E-state index contributed by atoms with van der Waals surface area (Å²) in [6.07, 6.45) is 2.35. The number of hydrogen-bond donors (Lipinski definition) is 0. The summed E-state index contributed by atoms with van der Waals surface area (Å²) in [5, 5.41) is 7.38. The molecule has 0 amide bonds. The van der Waals surface area contributed by atoms with E-state index in [4.69, 9.17) is 14.3 Å². The van der Waals surface area contributed by atoms with Crippen molar-refractivity contribution in [1.82, 2.24) is 4.98 Å². The monoisotopic (exact) mass is 381 g/mol. The molecule has 4 rings (SSSR count). The first-order valence-electron chi connectivity index (χ1n) is 8.59. The molecule has 2 aromatic heterocycles. The van der Waals surface area contributed by atoms with E-state index in [9.17, 15) is 4.79 Å². The summed E-state index contributed by atoms with van der Waals surface area (Å²) in [6, 6.07) is 11.5. The molecule has 3 heterocycles. The number of aromatic nitrogens is 1. The third-order valence-corrected chi connectivity index (χ3v) is 5.75. The van der Waals surface area contributed by atoms with Crippen molar-refractivity contribution in [1.29, 1.82) is 0 Å². The van der Waals surface area contributed by atoms with Crippen LogP contribution in [0.1, 0.15) is 46.1 Å². The van der Waals surface area contributed by atoms with E-state index in [1.54, 1.807) is 20.3 Å². The zero-order valence-electron chi connectivity index (χ0n) is 15.3. The van der Waals surface area contributed by atoms with Crippen LogP contribution in [0.2, 0.25) is 0 Å². The Morgan fingerprint density at radius 3 is 2.67 bits per heavy atom. The van der Waals surface area contributed by atoms with Gasteiger partial charge in [0.15, 0.2) is 5.78 Å². The van der Waals surface area contributed by atoms with Crippen LogP contribution in [0.15, 0.2) is 52.2 Å². The van der Waals surface area contributed by atoms with Crippen LogP contribution in [0.3, 0.4) is 0 Å². The Kier molecular flexibility index (Phi) is 4.53. The number of Topliss-reactive ketones (excluding diaryl/α,β-unsaturated/α-hetero) is 1. The summed E-state index contributed by atoms with van der Waals surface area (Å²) in [7, 11) is 1.65. The van der Waals surface area contributed by atoms with Gasteiger partial charge in [0.1, 0.15) is 17.6 Å². The molecule has 1 aliphatic rings. The minimum Gasteiger partial charge on any atom is -0.497 e. The molecular formula is C20H19N3O3S. The van der Waals surface area contributed by atoms with Crippen LogP contribution in [0.5, 0.6) is 5.75 Å². The van der Waals surface area contributed by atoms with Crippen LogP contribution in [-0.2, 0) is 0 Å². The summed E-state index contributed by atoms with van der Waals surface area (Å²) in [6.45, 7) is 3.41. The number of carbonyl (C=O) groups excluding carboxylic acids is 1. The van der Waals surface area contributed by atoms with Gasteiger partial charge in [-0.15, -0.1) is 0 Å². The van der Waals surface area contributed by atoms with Crippen molar-refractivity contribution in [2.24, 2.45) is 5.10 Å². The third kappa shape index (κ3) is 3.26. The number of benzene rings is 1. The molecule has 7 heteroatoms. The van der Waals surface area contributed by atoms with Gasteiger partial charge >= 0.3 is 0 Å². The maximum Gasteiger partial charge on any atom is 0.207 e. The van der Waals surface area contributed by atoms with E-state index in [0.717, 1.165) is 28.5 Å². The number of thiazole rings is 1. The summed E-state index contributed by atoms with van der Waals surface area (Å²) in [5.41, 5.74) is 2.69. The highest BCUT2D eigenvalue weighted by Gasteiger charge is 2.34. The summed E-state index contributed by atoms with van der Waals surface area (Å²) in [4.78, 5) is 17.1. The predicted molar refractivity (Wildman–Crippen MR) is 105 cm³/mol. The maximum absolute atomic E-state index is 11.8. The first-order chi connectivity index (χ1) is 13.1. The van der Waals surface area contributed by atoms with Gasteiger partial charge in [-0.2, -0.15) is 5.10 Å². The Hall–Kier alpha value is -2.93. The van der Waals surface area contributed by atoms with Gasteiger partial charge in [0.2, 0.25) is 5.13 Å². The van der Waals surface area contributed by atoms with Crippen LogP contribution in [-0.4, -0.2) is 23.6 Å². The number of aryl methyl sites for hydroxylation is 1. The summed E-state index contributed by atoms with van der Waals surface area (Å²) < 4.78 is 10.9. The second kappa shape index (κ2) is 7.00. The zero-order chi connectivity index (χ0) is 19.0. The molecule has 0 aliphatic carbocycles. The maximum atomic E-state index is 11.8. The lowest BCUT2D eigenvalue weighted by molar-refractivity contribution is 0.102. The number of anilines is 1. The van der Waals surface area contributed by atoms with Crippen molar-refractivity contribution in [2.45, 2.75) is 26.3 Å². The van der Waals surface area contributed by atoms with Gasteiger partial charge in [-0.3, -0.25) is 4.79 Å². The molecule has 0 bridgehead atoms. The normalized spacial score (nSPS) is 16.5. The van der Waals surface area contributed by atoms with Gasteiger partial charge in [-0.05, 0) is 48.9 Å². The SMILES string of the molecule is COc1ccc(C2=NN(c3nc(C)c(C(C)=O)s3)[C@@H](c3ccco3)C2)cc1. The average molecular weight is 381 g/mol. The Morgan fingerprint density at radius 2 is 2.07 bits per heavy atom. The minimum atomic E-state index is -0.0949. The van der Waals surface area contributed by atoms with E-state index in [0.29, 0.717) is 16.4 Å². The molecular weight excluding hydrogens is 362 g/mol. The van der Waals surface area contributed by atoms with Crippen LogP contribution < -0.4 is 9.75 Å². The first kappa shape index (κ1) is 17.5. The predicted octanol–water partition coefficient (Wildman–Crippen LogP) is 4.61. The van der Waals surface area contributed by atoms with E-state index in [-0.39, 0.29) is 11.8 Å². The molecule has 0 saturated carbocycles. The van der Waals surface area contributed by atoms with Crippen molar-refractivity contribution in [3.05, 3.63) is 64.6 Å². The summed E-state index contributed by atoms with van der Waals surface area (Å²) >= 11 is 1.37. The fourth-order valence-electron chi connectivity index (χ4n) is 3.15. The number of furan rings is 1. The van der Waals surface area contributed by atoms with E-state index in [1.165, 1.54) is 11.3 Å². The molecule has 0 N–H and O–H groups in total. The van der Waals surface area contributed by atoms with E-state index in [1.807, 2.05) is 48.3 Å². The number of rotatable bonds is 5. The van der Waals surface area contributed by atoms with Crippen molar-refractivity contribution < 1.29 is 13.9 Å². The van der Waals surface area contributed by atoms with Crippen LogP contribution in [0.25, 0.3) is 0 Å². The van der Waals surface area contributed by atoms with Crippen molar-refractivity contribution >= 4 is 28.0 Å². The Bertz CT molecular complexity index is 990. The lowest BCUT2D eigenvalue weighted by Crippen LogP contribution is -2.17. The van der Waals surface area contributed by atoms with Crippen molar-refractivity contribution in [2.75, 3.05) is 12.1 Å². The number of nitrogens with zero attached hydrogens (tertiary/aromatic N) is 3. The molecule has 138 valence electrons. The van der Waals surface area contributed by atoms with Crippen molar-refractivity contribution in [3.8, 4) is 5.75 Å². The Labute approximate surface area is 161 Å². The third-order valence-electron chi connectivity index (χ3n) is 4.51. The van der Waals surface area contributed by atoms with E-state index < -0.39 is 0 Å². The molecule has 3 aromatic rings. The smallest absolute Gasteiger partial charge is 0.207 e. The van der Waals surface area contributed by atoms with Crippen molar-refractivity contribution in [3.63, 3.8) is 0 Å². The fraction of sp³-hybridized carbons (Fsp3) is 0.250. The fourth-order valence-corrected chi connectivity index (χ4v) is 4.12. The Morgan fingerprint density at radius 1 is 1.30 bits per heavy atom. The largest absolute Gasteiger partial charge is 0.497 e. The average Bonchev–Trinajstić information content (AvgIpc) is 3.40. The zero-order valence-corrected chi connectivity index (χ0v) is 16.1. The standard InChI is InChI=1S/C20H19N3O3S/c1-12-19(13(2)24)27-20(21-12)23-17(18-5-4-10-26-18)11-16(22-23)14-6-8-15(25-3)9-7-14/h4-10,17H,11H2,1-3H3/t17-/m1/s1. The molecule has 0 spiro atoms. The number of hydrazone groups is 1. The van der Waals surface area contributed by atoms with Crippen LogP contribution in [0, 0.1) is 6.92 Å². The highest BCUT2D eigenvalue weighted by molar-refractivity contribution is 7.17. The molecule has 0 saturated heterocycles. The lowest BCUT2D eigenvalue weighted by Gasteiger charge is -2.18. The quantitative estimate of drug-likeness (QED) is 0.604. The topological polar surface area (TPSA) is 67.9 Å². The highest BCUT2D eigenvalue weighted by Crippen LogP contribution is 2.39. The van der Waals surface area contributed by atoms with Crippen LogP contribution in [0.4, 0.5) is 5.13 Å². The molecule has 1 aromatic carbocycles. The molecule has 6 nitrogen and oxygen atoms in total. The lowest BCUT2D eigenvalue weighted by atomic mass is 10.0. The van der Waals surface area contributed by atoms with E-state index >= 15 is 0 Å². The molecule has 1 atom stereocenters. The molecule has 0 radical (unpaired) electrons. The number of carbonyl (C=O) groups is 1. The first-order valence-corrected chi connectivity index (χ1v) is 9.41. The number of ketones is 1. The molecule has 0 fully saturated rings. The van der Waals surface area contributed by atoms with Crippen LogP contribution >= 0.6 is 11.3 Å². The second-order valence-corrected chi connectivity index (χ2v) is 7.30. The number of ether oxygens (including phenoxy) is 1. The van der Waals surface area contributed by atoms with E-state index in [2.05, 4.69) is 4.98 Å². The summed E-state index contributed by atoms with van der Waals surface area (Å²) in [5.74, 6) is 1.64. The van der Waals surface area contributed by atoms with Gasteiger partial charge < -0.3 is 9.15 Å². The molecule has 27 heavy (non-hydrogen) atoms.